The normalized spacial score (nSPS) is 20.6. The van der Waals surface area contributed by atoms with E-state index in [0.717, 1.165) is 23.3 Å². The number of rotatable bonds is 3. The van der Waals surface area contributed by atoms with Crippen LogP contribution in [0.3, 0.4) is 0 Å². The molecule has 7 heteroatoms. The maximum Gasteiger partial charge on any atom is 0.416 e. The molecule has 0 fully saturated rings. The van der Waals surface area contributed by atoms with Crippen molar-refractivity contribution < 1.29 is 23.1 Å². The van der Waals surface area contributed by atoms with Gasteiger partial charge < -0.3 is 10.5 Å². The lowest BCUT2D eigenvalue weighted by molar-refractivity contribution is -0.137. The minimum Gasteiger partial charge on any atom is -0.478 e. The number of carboxylic acids is 1. The van der Waals surface area contributed by atoms with Crippen LogP contribution in [-0.4, -0.2) is 22.1 Å². The Labute approximate surface area is 130 Å². The van der Waals surface area contributed by atoms with E-state index in [-0.39, 0.29) is 11.6 Å². The quantitative estimate of drug-likeness (QED) is 0.898. The molecule has 2 aliphatic rings. The largest absolute Gasteiger partial charge is 0.478 e. The van der Waals surface area contributed by atoms with E-state index in [9.17, 15) is 18.0 Å². The molecular formula is C16H13F3N2O2. The van der Waals surface area contributed by atoms with Crippen molar-refractivity contribution in [3.63, 3.8) is 0 Å². The van der Waals surface area contributed by atoms with E-state index in [4.69, 9.17) is 5.11 Å². The molecule has 1 unspecified atom stereocenters. The molecule has 0 spiro atoms. The average Bonchev–Trinajstić information content (AvgIpc) is 2.89. The van der Waals surface area contributed by atoms with Crippen LogP contribution in [-0.2, 0) is 17.5 Å². The van der Waals surface area contributed by atoms with Gasteiger partial charge in [-0.25, -0.2) is 9.80 Å². The lowest BCUT2D eigenvalue weighted by Crippen LogP contribution is -2.37. The van der Waals surface area contributed by atoms with Crippen LogP contribution in [0.1, 0.15) is 11.1 Å². The Kier molecular flexibility index (Phi) is 3.73. The molecule has 0 saturated carbocycles. The number of hydrogen-bond donors (Lipinski definition) is 2. The smallest absolute Gasteiger partial charge is 0.416 e. The Morgan fingerprint density at radius 2 is 1.96 bits per heavy atom. The third-order valence-electron chi connectivity index (χ3n) is 3.74. The van der Waals surface area contributed by atoms with Crippen LogP contribution >= 0.6 is 0 Å². The van der Waals surface area contributed by atoms with Crippen LogP contribution in [0.5, 0.6) is 0 Å². The second-order valence-corrected chi connectivity index (χ2v) is 5.30. The molecule has 0 bridgehead atoms. The number of fused-ring (bicyclic) bond motifs is 1. The lowest BCUT2D eigenvalue weighted by Gasteiger charge is -2.25. The summed E-state index contributed by atoms with van der Waals surface area (Å²) in [6.45, 7) is 0.392. The van der Waals surface area contributed by atoms with Gasteiger partial charge in [0.1, 0.15) is 0 Å². The third kappa shape index (κ3) is 3.14. The van der Waals surface area contributed by atoms with E-state index in [1.165, 1.54) is 18.2 Å². The number of nitrogens with zero attached hydrogens (tertiary/aromatic N) is 1. The Morgan fingerprint density at radius 3 is 2.57 bits per heavy atom. The van der Waals surface area contributed by atoms with Crippen molar-refractivity contribution in [2.24, 2.45) is 0 Å². The van der Waals surface area contributed by atoms with E-state index >= 15 is 0 Å². The van der Waals surface area contributed by atoms with E-state index in [1.54, 1.807) is 18.4 Å². The number of hydrazine groups is 1. The molecule has 2 N–H and O–H groups in total. The molecule has 1 aromatic rings. The van der Waals surface area contributed by atoms with Gasteiger partial charge in [-0.15, -0.1) is 0 Å². The topological polar surface area (TPSA) is 52.6 Å². The first-order valence-electron chi connectivity index (χ1n) is 6.87. The predicted octanol–water partition coefficient (Wildman–Crippen LogP) is 2.86. The van der Waals surface area contributed by atoms with Crippen molar-refractivity contribution in [1.29, 1.82) is 0 Å². The summed E-state index contributed by atoms with van der Waals surface area (Å²) >= 11 is 0. The highest BCUT2D eigenvalue weighted by atomic mass is 19.4. The zero-order chi connectivity index (χ0) is 16.6. The second-order valence-electron chi connectivity index (χ2n) is 5.30. The number of benzene rings is 1. The summed E-state index contributed by atoms with van der Waals surface area (Å²) in [5.74, 6) is -0.998. The highest BCUT2D eigenvalue weighted by Gasteiger charge is 2.31. The fourth-order valence-corrected chi connectivity index (χ4v) is 2.54. The van der Waals surface area contributed by atoms with Gasteiger partial charge in [0.05, 0.1) is 17.2 Å². The summed E-state index contributed by atoms with van der Waals surface area (Å²) in [7, 11) is 0. The van der Waals surface area contributed by atoms with Gasteiger partial charge in [-0.3, -0.25) is 0 Å². The van der Waals surface area contributed by atoms with Gasteiger partial charge in [-0.05, 0) is 35.4 Å². The Balaban J connectivity index is 1.70. The van der Waals surface area contributed by atoms with Crippen molar-refractivity contribution in [3.8, 4) is 0 Å². The summed E-state index contributed by atoms with van der Waals surface area (Å²) in [4.78, 5) is 11.0. The number of nitrogens with one attached hydrogen (secondary N) is 1. The minimum atomic E-state index is -4.34. The van der Waals surface area contributed by atoms with Crippen LogP contribution in [0.15, 0.2) is 59.8 Å². The molecule has 1 aliphatic carbocycles. The summed E-state index contributed by atoms with van der Waals surface area (Å²) in [6.07, 6.45) is 2.20. The van der Waals surface area contributed by atoms with Gasteiger partial charge in [-0.1, -0.05) is 18.2 Å². The second kappa shape index (κ2) is 5.58. The monoisotopic (exact) mass is 322 g/mol. The van der Waals surface area contributed by atoms with Crippen LogP contribution < -0.4 is 5.43 Å². The molecule has 3 rings (SSSR count). The number of carboxylic acid groups (broad SMARTS) is 1. The van der Waals surface area contributed by atoms with Gasteiger partial charge in [0.2, 0.25) is 0 Å². The van der Waals surface area contributed by atoms with E-state index in [1.807, 2.05) is 5.01 Å². The van der Waals surface area contributed by atoms with E-state index < -0.39 is 17.7 Å². The van der Waals surface area contributed by atoms with Crippen molar-refractivity contribution in [2.45, 2.75) is 18.8 Å². The van der Waals surface area contributed by atoms with E-state index in [0.29, 0.717) is 6.54 Å². The van der Waals surface area contributed by atoms with Gasteiger partial charge in [-0.2, -0.15) is 13.2 Å². The number of hydrogen-bond acceptors (Lipinski definition) is 3. The molecule has 120 valence electrons. The fourth-order valence-electron chi connectivity index (χ4n) is 2.54. The van der Waals surface area contributed by atoms with Crippen LogP contribution in [0.4, 0.5) is 13.2 Å². The van der Waals surface area contributed by atoms with Crippen LogP contribution in [0.25, 0.3) is 0 Å². The SMILES string of the molecule is O=C(O)C1=CC2=CNN(Cc3ccc(C(F)(F)F)cc3)C2C=C1. The molecule has 1 atom stereocenters. The number of aliphatic carboxylic acids is 1. The molecule has 0 aromatic heterocycles. The van der Waals surface area contributed by atoms with Crippen molar-refractivity contribution in [1.82, 2.24) is 10.4 Å². The van der Waals surface area contributed by atoms with Crippen molar-refractivity contribution >= 4 is 5.97 Å². The molecule has 0 radical (unpaired) electrons. The molecule has 4 nitrogen and oxygen atoms in total. The lowest BCUT2D eigenvalue weighted by atomic mass is 9.98. The van der Waals surface area contributed by atoms with Gasteiger partial charge in [0, 0.05) is 12.7 Å². The molecule has 0 amide bonds. The summed E-state index contributed by atoms with van der Waals surface area (Å²) < 4.78 is 37.7. The fraction of sp³-hybridized carbons (Fsp3) is 0.188. The first kappa shape index (κ1) is 15.4. The first-order valence-corrected chi connectivity index (χ1v) is 6.87. The highest BCUT2D eigenvalue weighted by molar-refractivity contribution is 5.91. The predicted molar refractivity (Wildman–Crippen MR) is 76.9 cm³/mol. The number of carbonyl (C=O) groups is 1. The maximum atomic E-state index is 12.6. The van der Waals surface area contributed by atoms with Gasteiger partial charge in [0.25, 0.3) is 0 Å². The molecule has 23 heavy (non-hydrogen) atoms. The number of halogens is 3. The molecule has 0 saturated heterocycles. The van der Waals surface area contributed by atoms with E-state index in [2.05, 4.69) is 5.43 Å². The molecule has 1 aliphatic heterocycles. The Morgan fingerprint density at radius 1 is 1.26 bits per heavy atom. The average molecular weight is 322 g/mol. The standard InChI is InChI=1S/C16H13F3N2O2/c17-16(18,19)13-4-1-10(2-5-13)9-21-14-6-3-11(15(22)23)7-12(14)8-20-21/h1-8,14,20H,9H2,(H,22,23). The van der Waals surface area contributed by atoms with Gasteiger partial charge >= 0.3 is 12.1 Å². The van der Waals surface area contributed by atoms with Crippen molar-refractivity contribution in [3.05, 3.63) is 71.0 Å². The zero-order valence-electron chi connectivity index (χ0n) is 11.8. The molecule has 1 aromatic carbocycles. The third-order valence-corrected chi connectivity index (χ3v) is 3.74. The summed E-state index contributed by atoms with van der Waals surface area (Å²) in [5, 5.41) is 10.8. The van der Waals surface area contributed by atoms with Crippen LogP contribution in [0.2, 0.25) is 0 Å². The highest BCUT2D eigenvalue weighted by Crippen LogP contribution is 2.30. The zero-order valence-corrected chi connectivity index (χ0v) is 11.8. The first-order chi connectivity index (χ1) is 10.8. The minimum absolute atomic E-state index is 0.139. The van der Waals surface area contributed by atoms with Crippen molar-refractivity contribution in [2.75, 3.05) is 0 Å². The Bertz CT molecular complexity index is 718. The van der Waals surface area contributed by atoms with Crippen LogP contribution in [0, 0.1) is 0 Å². The number of alkyl halides is 3. The Hall–Kier alpha value is -2.54. The summed E-state index contributed by atoms with van der Waals surface area (Å²) in [5.41, 5.74) is 4.06. The molecular weight excluding hydrogens is 309 g/mol. The van der Waals surface area contributed by atoms with Gasteiger partial charge in [0.15, 0.2) is 0 Å². The summed E-state index contributed by atoms with van der Waals surface area (Å²) in [6, 6.07) is 4.85. The molecule has 1 heterocycles. The maximum absolute atomic E-state index is 12.6.